The van der Waals surface area contributed by atoms with Crippen LogP contribution < -0.4 is 0 Å². The van der Waals surface area contributed by atoms with Crippen LogP contribution in [0.5, 0.6) is 0 Å². The average Bonchev–Trinajstić information content (AvgIpc) is 2.92. The van der Waals surface area contributed by atoms with Crippen molar-refractivity contribution in [3.05, 3.63) is 35.9 Å². The van der Waals surface area contributed by atoms with Crippen LogP contribution in [0.15, 0.2) is 30.3 Å². The second-order valence-electron chi connectivity index (χ2n) is 5.59. The van der Waals surface area contributed by atoms with E-state index < -0.39 is 12.0 Å². The van der Waals surface area contributed by atoms with Crippen molar-refractivity contribution in [1.82, 2.24) is 4.90 Å². The number of aliphatic carboxylic acids is 1. The molecule has 1 aliphatic rings. The Morgan fingerprint density at radius 1 is 1.27 bits per heavy atom. The molecule has 5 heteroatoms. The summed E-state index contributed by atoms with van der Waals surface area (Å²) in [5.74, 6) is -0.439. The largest absolute Gasteiger partial charge is 0.480 e. The van der Waals surface area contributed by atoms with Gasteiger partial charge in [0.2, 0.25) is 5.91 Å². The summed E-state index contributed by atoms with van der Waals surface area (Å²) in [6, 6.07) is 9.25. The van der Waals surface area contributed by atoms with Crippen molar-refractivity contribution in [3.8, 4) is 0 Å². The molecule has 0 saturated carbocycles. The number of benzene rings is 1. The lowest BCUT2D eigenvalue weighted by Gasteiger charge is -2.27. The van der Waals surface area contributed by atoms with Gasteiger partial charge in [-0.05, 0) is 12.0 Å². The molecule has 1 aromatic rings. The zero-order valence-corrected chi connectivity index (χ0v) is 13.7. The van der Waals surface area contributed by atoms with Crippen molar-refractivity contribution in [3.63, 3.8) is 0 Å². The Hall–Kier alpha value is -1.49. The van der Waals surface area contributed by atoms with Gasteiger partial charge in [-0.25, -0.2) is 4.79 Å². The molecule has 1 aromatic carbocycles. The highest BCUT2D eigenvalue weighted by atomic mass is 32.2. The van der Waals surface area contributed by atoms with E-state index in [0.29, 0.717) is 18.6 Å². The minimum absolute atomic E-state index is 0.0215. The third-order valence-corrected chi connectivity index (χ3v) is 5.20. The summed E-state index contributed by atoms with van der Waals surface area (Å²) >= 11 is 1.57. The van der Waals surface area contributed by atoms with Crippen molar-refractivity contribution in [1.29, 1.82) is 0 Å². The molecule has 2 atom stereocenters. The van der Waals surface area contributed by atoms with Crippen LogP contribution in [-0.2, 0) is 16.0 Å². The zero-order valence-electron chi connectivity index (χ0n) is 12.9. The number of nitrogens with zero attached hydrogens (tertiary/aromatic N) is 1. The maximum Gasteiger partial charge on any atom is 0.327 e. The first-order chi connectivity index (χ1) is 10.6. The van der Waals surface area contributed by atoms with Crippen LogP contribution in [0.3, 0.4) is 0 Å². The number of carboxylic acids is 1. The Morgan fingerprint density at radius 3 is 2.64 bits per heavy atom. The Balaban J connectivity index is 2.07. The topological polar surface area (TPSA) is 57.6 Å². The molecule has 22 heavy (non-hydrogen) atoms. The number of carbonyl (C=O) groups is 2. The fraction of sp³-hybridized carbons (Fsp3) is 0.529. The van der Waals surface area contributed by atoms with Crippen LogP contribution in [0, 0.1) is 0 Å². The monoisotopic (exact) mass is 321 g/mol. The van der Waals surface area contributed by atoms with E-state index in [9.17, 15) is 14.7 Å². The number of hydrogen-bond donors (Lipinski definition) is 1. The maximum absolute atomic E-state index is 12.5. The highest BCUT2D eigenvalue weighted by Gasteiger charge is 2.41. The Labute approximate surface area is 135 Å². The van der Waals surface area contributed by atoms with Crippen molar-refractivity contribution in [2.75, 3.05) is 5.75 Å². The van der Waals surface area contributed by atoms with E-state index >= 15 is 0 Å². The van der Waals surface area contributed by atoms with Crippen molar-refractivity contribution < 1.29 is 14.7 Å². The SMILES string of the molecule is CCCCCC(=O)N1C(Cc2ccccc2)SCC1C(=O)O. The van der Waals surface area contributed by atoms with Gasteiger partial charge in [0.15, 0.2) is 0 Å². The van der Waals surface area contributed by atoms with E-state index in [2.05, 4.69) is 6.92 Å². The number of carbonyl (C=O) groups excluding carboxylic acids is 1. The number of rotatable bonds is 7. The van der Waals surface area contributed by atoms with Gasteiger partial charge in [-0.1, -0.05) is 50.1 Å². The van der Waals surface area contributed by atoms with E-state index in [1.54, 1.807) is 16.7 Å². The summed E-state index contributed by atoms with van der Waals surface area (Å²) in [5, 5.41) is 9.31. The first kappa shape index (κ1) is 16.9. The predicted molar refractivity (Wildman–Crippen MR) is 88.8 cm³/mol. The van der Waals surface area contributed by atoms with Crippen LogP contribution >= 0.6 is 11.8 Å². The van der Waals surface area contributed by atoms with Gasteiger partial charge in [0, 0.05) is 18.6 Å². The number of amides is 1. The Kier molecular flexibility index (Phi) is 6.31. The van der Waals surface area contributed by atoms with Gasteiger partial charge >= 0.3 is 5.97 Å². The van der Waals surface area contributed by atoms with Crippen LogP contribution in [0.4, 0.5) is 0 Å². The van der Waals surface area contributed by atoms with Crippen molar-refractivity contribution in [2.24, 2.45) is 0 Å². The number of carboxylic acid groups (broad SMARTS) is 1. The van der Waals surface area contributed by atoms with Crippen LogP contribution in [-0.4, -0.2) is 39.1 Å². The molecule has 0 radical (unpaired) electrons. The quantitative estimate of drug-likeness (QED) is 0.784. The fourth-order valence-electron chi connectivity index (χ4n) is 2.72. The Morgan fingerprint density at radius 2 is 2.00 bits per heavy atom. The molecule has 120 valence electrons. The van der Waals surface area contributed by atoms with Crippen LogP contribution in [0.2, 0.25) is 0 Å². The fourth-order valence-corrected chi connectivity index (χ4v) is 4.16. The molecule has 0 aliphatic carbocycles. The average molecular weight is 321 g/mol. The summed E-state index contributed by atoms with van der Waals surface area (Å²) in [4.78, 5) is 25.5. The summed E-state index contributed by atoms with van der Waals surface area (Å²) in [6.07, 6.45) is 4.05. The molecule has 2 unspecified atom stereocenters. The lowest BCUT2D eigenvalue weighted by Crippen LogP contribution is -2.46. The zero-order chi connectivity index (χ0) is 15.9. The molecule has 0 spiro atoms. The van der Waals surface area contributed by atoms with Crippen molar-refractivity contribution >= 4 is 23.6 Å². The molecule has 1 fully saturated rings. The third-order valence-electron chi connectivity index (χ3n) is 3.91. The minimum Gasteiger partial charge on any atom is -0.480 e. The van der Waals surface area contributed by atoms with Gasteiger partial charge < -0.3 is 10.0 Å². The third kappa shape index (κ3) is 4.26. The van der Waals surface area contributed by atoms with Gasteiger partial charge in [0.1, 0.15) is 6.04 Å². The molecule has 1 heterocycles. The number of unbranched alkanes of at least 4 members (excludes halogenated alkanes) is 2. The van der Waals surface area contributed by atoms with E-state index in [1.807, 2.05) is 30.3 Å². The summed E-state index contributed by atoms with van der Waals surface area (Å²) in [5.41, 5.74) is 1.14. The molecule has 0 bridgehead atoms. The van der Waals surface area contributed by atoms with Gasteiger partial charge in [0.05, 0.1) is 5.37 Å². The van der Waals surface area contributed by atoms with E-state index in [1.165, 1.54) is 0 Å². The van der Waals surface area contributed by atoms with Crippen molar-refractivity contribution in [2.45, 2.75) is 50.4 Å². The number of hydrogen-bond acceptors (Lipinski definition) is 3. The molecule has 0 aromatic heterocycles. The lowest BCUT2D eigenvalue weighted by molar-refractivity contribution is -0.149. The molecule has 1 aliphatic heterocycles. The molecule has 2 rings (SSSR count). The number of thioether (sulfide) groups is 1. The highest BCUT2D eigenvalue weighted by molar-refractivity contribution is 8.00. The smallest absolute Gasteiger partial charge is 0.327 e. The first-order valence-electron chi connectivity index (χ1n) is 7.83. The van der Waals surface area contributed by atoms with Gasteiger partial charge in [-0.15, -0.1) is 11.8 Å². The standard InChI is InChI=1S/C17H23NO3S/c1-2-3-5-10-15(19)18-14(17(20)21)12-22-16(18)11-13-8-6-4-7-9-13/h4,6-9,14,16H,2-3,5,10-12H2,1H3,(H,20,21). The molecule has 4 nitrogen and oxygen atoms in total. The summed E-state index contributed by atoms with van der Waals surface area (Å²) in [7, 11) is 0. The first-order valence-corrected chi connectivity index (χ1v) is 8.88. The second kappa shape index (κ2) is 8.22. The normalized spacial score (nSPS) is 21.0. The Bertz CT molecular complexity index is 506. The van der Waals surface area contributed by atoms with Crippen LogP contribution in [0.1, 0.15) is 38.2 Å². The second-order valence-corrected chi connectivity index (χ2v) is 6.80. The molecular weight excluding hydrogens is 298 g/mol. The highest BCUT2D eigenvalue weighted by Crippen LogP contribution is 2.32. The summed E-state index contributed by atoms with van der Waals surface area (Å²) in [6.45, 7) is 2.09. The molecule has 1 N–H and O–H groups in total. The molecule has 1 saturated heterocycles. The van der Waals surface area contributed by atoms with E-state index in [0.717, 1.165) is 24.8 Å². The van der Waals surface area contributed by atoms with E-state index in [4.69, 9.17) is 0 Å². The lowest BCUT2D eigenvalue weighted by atomic mass is 10.1. The van der Waals surface area contributed by atoms with E-state index in [-0.39, 0.29) is 11.3 Å². The van der Waals surface area contributed by atoms with Crippen LogP contribution in [0.25, 0.3) is 0 Å². The van der Waals surface area contributed by atoms with Gasteiger partial charge in [-0.2, -0.15) is 0 Å². The van der Waals surface area contributed by atoms with Gasteiger partial charge in [-0.3, -0.25) is 4.79 Å². The predicted octanol–water partition coefficient (Wildman–Crippen LogP) is 3.16. The summed E-state index contributed by atoms with van der Waals surface area (Å²) < 4.78 is 0. The molecular formula is C17H23NO3S. The minimum atomic E-state index is -0.896. The maximum atomic E-state index is 12.5. The van der Waals surface area contributed by atoms with Gasteiger partial charge in [0.25, 0.3) is 0 Å². The molecule has 1 amide bonds.